The average molecular weight is 1420 g/mol. The minimum absolute atomic E-state index is 0. The molecule has 71 heavy (non-hydrogen) atoms. The van der Waals surface area contributed by atoms with Gasteiger partial charge in [-0.15, -0.1) is 12.4 Å². The Balaban J connectivity index is -0.000000136. The number of nitrogens with zero attached hydrogens (tertiary/aromatic N) is 1. The molecule has 1 aliphatic carbocycles. The molecule has 0 saturated carbocycles. The minimum atomic E-state index is -5.17. The Morgan fingerprint density at radius 3 is 1.59 bits per heavy atom. The van der Waals surface area contributed by atoms with Crippen LogP contribution in [0.4, 0.5) is 28.9 Å². The second-order valence-corrected chi connectivity index (χ2v) is 18.3. The number of aliphatic hydroxyl groups excluding tert-OH is 1. The van der Waals surface area contributed by atoms with Gasteiger partial charge in [0.1, 0.15) is 23.5 Å². The van der Waals surface area contributed by atoms with Crippen molar-refractivity contribution in [3.8, 4) is 5.75 Å². The average Bonchev–Trinajstić information content (AvgIpc) is 3.50. The molecule has 0 atom stereocenters. The van der Waals surface area contributed by atoms with Crippen molar-refractivity contribution in [2.24, 2.45) is 11.1 Å². The van der Waals surface area contributed by atoms with Crippen LogP contribution in [0.2, 0.25) is 0 Å². The van der Waals surface area contributed by atoms with Gasteiger partial charge in [0.2, 0.25) is 15.4 Å². The van der Waals surface area contributed by atoms with E-state index in [0.29, 0.717) is 8.95 Å². The fourth-order valence-corrected chi connectivity index (χ4v) is 5.08. The summed E-state index contributed by atoms with van der Waals surface area (Å²) < 4.78 is 121. The van der Waals surface area contributed by atoms with Gasteiger partial charge in [0, 0.05) is 34.4 Å². The summed E-state index contributed by atoms with van der Waals surface area (Å²) in [6, 6.07) is 15.2. The summed E-state index contributed by atoms with van der Waals surface area (Å²) in [6.07, 6.45) is -1.38. The summed E-state index contributed by atoms with van der Waals surface area (Å²) in [6.45, 7) is 0.193. The molecule has 0 fully saturated rings. The smallest absolute Gasteiger partial charge is 0.759 e. The summed E-state index contributed by atoms with van der Waals surface area (Å²) in [5, 5.41) is 33.3. The number of aliphatic hydroxyl groups is 2. The number of carbonyl (C=O) groups is 4. The molecule has 0 radical (unpaired) electrons. The third-order valence-electron chi connectivity index (χ3n) is 6.17. The van der Waals surface area contributed by atoms with Crippen LogP contribution >= 0.6 is 111 Å². The summed E-state index contributed by atoms with van der Waals surface area (Å²) in [7, 11) is -9.83. The summed E-state index contributed by atoms with van der Waals surface area (Å²) in [5.74, 6) is -0.0423. The zero-order valence-electron chi connectivity index (χ0n) is 34.7. The molecule has 0 saturated heterocycles. The molecule has 0 aliphatic heterocycles. The van der Waals surface area contributed by atoms with Crippen LogP contribution in [-0.4, -0.2) is 95.8 Å². The quantitative estimate of drug-likeness (QED) is 0.0109. The number of hydrogen-bond donors (Lipinski definition) is 9. The SMILES string of the molecule is C.Cl.NO.Nc1c(OC=O)ccc(Br)c1F.Nc1cccc(Br)c1F.O=C(/C=N/O)Cc1cccc(Br)c1F.O=C1Cc2c(ccc(Br)c2F)C1=O.O=S(=O)(O)O.O=S(=O)([O-])[O-].OC(O)C(Cl)(Cl)Cl.[Na+].[Na+]. The Morgan fingerprint density at radius 2 is 1.20 bits per heavy atom. The number of anilines is 2. The molecule has 0 aromatic heterocycles. The van der Waals surface area contributed by atoms with E-state index in [0.717, 1.165) is 6.21 Å². The largest absolute Gasteiger partial charge is 1.00 e. The van der Waals surface area contributed by atoms with E-state index >= 15 is 0 Å². The van der Waals surface area contributed by atoms with Crippen LogP contribution in [-0.2, 0) is 48.0 Å². The first kappa shape index (κ1) is 83.8. The van der Waals surface area contributed by atoms with Crippen molar-refractivity contribution >= 4 is 173 Å². The van der Waals surface area contributed by atoms with Crippen LogP contribution in [0.5, 0.6) is 5.75 Å². The number of ketones is 3. The van der Waals surface area contributed by atoms with Gasteiger partial charge in [-0.1, -0.05) is 65.6 Å². The van der Waals surface area contributed by atoms with E-state index in [2.05, 4.69) is 79.5 Å². The van der Waals surface area contributed by atoms with E-state index in [1.807, 2.05) is 0 Å². The second-order valence-electron chi connectivity index (χ2n) is 10.8. The molecule has 4 aromatic rings. The van der Waals surface area contributed by atoms with E-state index in [4.69, 9.17) is 102 Å². The van der Waals surface area contributed by atoms with Gasteiger partial charge in [0.05, 0.1) is 23.6 Å². The van der Waals surface area contributed by atoms with Gasteiger partial charge < -0.3 is 45.9 Å². The molecule has 390 valence electrons. The molecule has 4 aromatic carbocycles. The number of nitrogen functional groups attached to an aromatic ring is 2. The number of alkyl halides is 3. The Hall–Kier alpha value is -1.19. The molecule has 37 heteroatoms. The molecule has 0 amide bonds. The first-order valence-corrected chi connectivity index (χ1v) is 22.9. The zero-order valence-corrected chi connectivity index (χ0v) is 49.7. The molecule has 0 spiro atoms. The first-order valence-electron chi connectivity index (χ1n) is 15.8. The summed E-state index contributed by atoms with van der Waals surface area (Å²) >= 11 is 26.6. The zero-order chi connectivity index (χ0) is 53.2. The molecule has 0 unspecified atom stereocenters. The summed E-state index contributed by atoms with van der Waals surface area (Å²) in [5.41, 5.74) is 11.2. The molecular formula is C34H34Br4Cl4F4N4Na2O17S2. The topological polar surface area (TPSA) is 404 Å². The van der Waals surface area contributed by atoms with E-state index in [1.165, 1.54) is 36.4 Å². The third-order valence-corrected chi connectivity index (χ3v) is 9.21. The molecular weight excluding hydrogens is 1380 g/mol. The standard InChI is InChI=1S/C9H7BrFNO2.C9H4BrFO2.C7H5BrFNO2.C6H5BrFN.C2H3Cl3O2.CH4.ClH.H3NO.2Na.2H2O4S/c10-8-3-1-2-6(9(8)11)4-7(13)5-12-14;10-6-2-1-4-5(8(6)11)3-7(12)9(4)13;8-4-1-2-5(12-3-11)7(10)6(4)9;7-4-2-1-3-5(9)6(4)8;3-2(4,5)1(6)7;;;1-2;;;2*1-5(2,3)4/h1-3,5,14H,4H2;1-2H,3H2;1-3H,10H2;1-3H,9H2;1,6-7H;1H4;1H;2H,1H2;;;2*(H2,1,2,3,4)/q;;;;;;;;2*+1;;/p-2/b12-5+;;;;;;;;;;;. The maximum atomic E-state index is 13.3. The van der Waals surface area contributed by atoms with Crippen molar-refractivity contribution in [3.05, 3.63) is 119 Å². The number of fused-ring (bicyclic) bond motifs is 1. The number of oxime groups is 1. The van der Waals surface area contributed by atoms with E-state index < -0.39 is 71.5 Å². The van der Waals surface area contributed by atoms with Crippen molar-refractivity contribution in [1.29, 1.82) is 0 Å². The molecule has 5 rings (SSSR count). The van der Waals surface area contributed by atoms with Crippen LogP contribution in [0, 0.1) is 23.3 Å². The van der Waals surface area contributed by atoms with Gasteiger partial charge in [-0.05, 0) is 112 Å². The fourth-order valence-electron chi connectivity index (χ4n) is 3.58. The van der Waals surface area contributed by atoms with Gasteiger partial charge in [-0.2, -0.15) is 8.42 Å². The van der Waals surface area contributed by atoms with Crippen molar-refractivity contribution in [2.45, 2.75) is 30.4 Å². The van der Waals surface area contributed by atoms with Crippen molar-refractivity contribution in [1.82, 2.24) is 0 Å². The van der Waals surface area contributed by atoms with Crippen LogP contribution in [0.1, 0.15) is 28.9 Å². The summed E-state index contributed by atoms with van der Waals surface area (Å²) in [4.78, 5) is 43.0. The van der Waals surface area contributed by atoms with Crippen LogP contribution in [0.15, 0.2) is 83.7 Å². The van der Waals surface area contributed by atoms with Crippen LogP contribution in [0.25, 0.3) is 0 Å². The Kier molecular flexibility index (Phi) is 49.5. The predicted octanol–water partition coefficient (Wildman–Crippen LogP) is 1.01. The maximum absolute atomic E-state index is 13.3. The normalized spacial score (nSPS) is 10.6. The number of hydrogen-bond acceptors (Lipinski definition) is 19. The molecule has 1 aliphatic rings. The fraction of sp³-hybridized carbons (Fsp3) is 0.147. The van der Waals surface area contributed by atoms with Gasteiger partial charge in [0.15, 0.2) is 29.5 Å². The van der Waals surface area contributed by atoms with E-state index in [9.17, 15) is 36.7 Å². The molecule has 0 heterocycles. The van der Waals surface area contributed by atoms with Gasteiger partial charge in [-0.25, -0.2) is 23.5 Å². The van der Waals surface area contributed by atoms with Crippen molar-refractivity contribution < 1.29 is 156 Å². The van der Waals surface area contributed by atoms with Crippen molar-refractivity contribution in [2.75, 3.05) is 11.5 Å². The van der Waals surface area contributed by atoms with Crippen molar-refractivity contribution in [3.63, 3.8) is 0 Å². The van der Waals surface area contributed by atoms with E-state index in [1.54, 1.807) is 24.3 Å². The number of Topliss-reactive ketones (excluding diaryl/α,β-unsaturated/α-hetero) is 3. The van der Waals surface area contributed by atoms with Crippen LogP contribution < -0.4 is 81.2 Å². The van der Waals surface area contributed by atoms with Gasteiger partial charge in [0.25, 0.3) is 6.47 Å². The minimum Gasteiger partial charge on any atom is -0.759 e. The Morgan fingerprint density at radius 1 is 0.803 bits per heavy atom. The Bertz CT molecular complexity index is 2510. The third kappa shape index (κ3) is 38.9. The van der Waals surface area contributed by atoms with Gasteiger partial charge >= 0.3 is 69.5 Å². The van der Waals surface area contributed by atoms with Gasteiger partial charge in [-0.3, -0.25) is 36.7 Å². The Labute approximate surface area is 500 Å². The first-order chi connectivity index (χ1) is 30.6. The maximum Gasteiger partial charge on any atom is 1.00 e. The molecule has 12 N–H and O–H groups in total. The monoisotopic (exact) mass is 1410 g/mol. The van der Waals surface area contributed by atoms with E-state index in [-0.39, 0.29) is 141 Å². The number of ether oxygens (including phenoxy) is 1. The number of rotatable bonds is 5. The number of nitrogens with two attached hydrogens (primary N) is 3. The number of benzene rings is 4. The number of carbonyl (C=O) groups excluding carboxylic acids is 4. The predicted molar refractivity (Wildman–Crippen MR) is 257 cm³/mol. The number of halogens is 12. The second kappa shape index (κ2) is 42.0. The molecule has 21 nitrogen and oxygen atoms in total. The van der Waals surface area contributed by atoms with Crippen LogP contribution in [0.3, 0.4) is 0 Å². The molecule has 0 bridgehead atoms.